The zero-order valence-corrected chi connectivity index (χ0v) is 13.5. The van der Waals surface area contributed by atoms with Crippen molar-refractivity contribution in [1.29, 1.82) is 0 Å². The first-order chi connectivity index (χ1) is 9.97. The van der Waals surface area contributed by atoms with Gasteiger partial charge in [-0.2, -0.15) is 0 Å². The largest absolute Gasteiger partial charge is 0.310 e. The SMILES string of the molecule is C[C@@H]1CN(S(C)(=O)=O)CC[C@H]1NC/C=C/c1ccccc1. The van der Waals surface area contributed by atoms with E-state index in [2.05, 4.69) is 36.5 Å². The Morgan fingerprint density at radius 2 is 2.05 bits per heavy atom. The summed E-state index contributed by atoms with van der Waals surface area (Å²) < 4.78 is 24.7. The lowest BCUT2D eigenvalue weighted by Gasteiger charge is -2.35. The molecule has 1 saturated heterocycles. The van der Waals surface area contributed by atoms with E-state index in [9.17, 15) is 8.42 Å². The van der Waals surface area contributed by atoms with Gasteiger partial charge in [-0.05, 0) is 17.9 Å². The standard InChI is InChI=1S/C16H24N2O2S/c1-14-13-18(21(2,19)20)12-10-16(14)17-11-6-9-15-7-4-3-5-8-15/h3-9,14,16-17H,10-13H2,1-2H3/b9-6+/t14-,16-/m1/s1. The lowest BCUT2D eigenvalue weighted by atomic mass is 9.95. The summed E-state index contributed by atoms with van der Waals surface area (Å²) in [6.07, 6.45) is 6.37. The summed E-state index contributed by atoms with van der Waals surface area (Å²) in [6, 6.07) is 10.6. The Labute approximate surface area is 127 Å². The molecule has 1 aliphatic rings. The van der Waals surface area contributed by atoms with Crippen molar-refractivity contribution in [3.8, 4) is 0 Å². The van der Waals surface area contributed by atoms with E-state index in [0.717, 1.165) is 13.0 Å². The molecule has 0 bridgehead atoms. The van der Waals surface area contributed by atoms with Gasteiger partial charge in [-0.3, -0.25) is 0 Å². The molecule has 116 valence electrons. The van der Waals surface area contributed by atoms with Gasteiger partial charge in [0, 0.05) is 25.7 Å². The lowest BCUT2D eigenvalue weighted by molar-refractivity contribution is 0.225. The second kappa shape index (κ2) is 7.20. The number of piperidine rings is 1. The molecule has 1 aromatic carbocycles. The van der Waals surface area contributed by atoms with Crippen molar-refractivity contribution in [2.75, 3.05) is 25.9 Å². The highest BCUT2D eigenvalue weighted by molar-refractivity contribution is 7.88. The number of rotatable bonds is 5. The van der Waals surface area contributed by atoms with Crippen LogP contribution in [0.1, 0.15) is 18.9 Å². The second-order valence-electron chi connectivity index (χ2n) is 5.71. The highest BCUT2D eigenvalue weighted by atomic mass is 32.2. The molecule has 21 heavy (non-hydrogen) atoms. The molecule has 0 unspecified atom stereocenters. The van der Waals surface area contributed by atoms with Gasteiger partial charge in [0.1, 0.15) is 0 Å². The first-order valence-corrected chi connectivity index (χ1v) is 9.22. The number of hydrogen-bond acceptors (Lipinski definition) is 3. The minimum absolute atomic E-state index is 0.332. The van der Waals surface area contributed by atoms with Gasteiger partial charge in [-0.25, -0.2) is 12.7 Å². The highest BCUT2D eigenvalue weighted by Gasteiger charge is 2.29. The molecule has 0 saturated carbocycles. The van der Waals surface area contributed by atoms with Crippen molar-refractivity contribution < 1.29 is 8.42 Å². The Morgan fingerprint density at radius 1 is 1.33 bits per heavy atom. The third kappa shape index (κ3) is 4.95. The molecule has 0 aliphatic carbocycles. The molecule has 0 aromatic heterocycles. The summed E-state index contributed by atoms with van der Waals surface area (Å²) in [5.41, 5.74) is 1.19. The molecule has 2 atom stereocenters. The molecule has 0 radical (unpaired) electrons. The maximum atomic E-state index is 11.6. The van der Waals surface area contributed by atoms with Gasteiger partial charge in [0.15, 0.2) is 0 Å². The highest BCUT2D eigenvalue weighted by Crippen LogP contribution is 2.18. The molecule has 5 heteroatoms. The summed E-state index contributed by atoms with van der Waals surface area (Å²) in [4.78, 5) is 0. The van der Waals surface area contributed by atoms with Crippen LogP contribution in [-0.4, -0.2) is 44.7 Å². The quantitative estimate of drug-likeness (QED) is 0.904. The fourth-order valence-electron chi connectivity index (χ4n) is 2.69. The molecular weight excluding hydrogens is 284 g/mol. The van der Waals surface area contributed by atoms with E-state index in [1.807, 2.05) is 18.2 Å². The first-order valence-electron chi connectivity index (χ1n) is 7.37. The molecule has 1 N–H and O–H groups in total. The summed E-state index contributed by atoms with van der Waals surface area (Å²) in [6.45, 7) is 4.14. The molecule has 0 amide bonds. The lowest BCUT2D eigenvalue weighted by Crippen LogP contribution is -2.49. The van der Waals surface area contributed by atoms with Crippen LogP contribution in [0.25, 0.3) is 6.08 Å². The average Bonchev–Trinajstić information content (AvgIpc) is 2.45. The molecule has 2 rings (SSSR count). The van der Waals surface area contributed by atoms with Crippen LogP contribution in [-0.2, 0) is 10.0 Å². The predicted molar refractivity (Wildman–Crippen MR) is 87.5 cm³/mol. The number of nitrogens with zero attached hydrogens (tertiary/aromatic N) is 1. The maximum Gasteiger partial charge on any atom is 0.211 e. The van der Waals surface area contributed by atoms with Gasteiger partial charge >= 0.3 is 0 Å². The number of sulfonamides is 1. The van der Waals surface area contributed by atoms with Crippen molar-refractivity contribution in [2.45, 2.75) is 19.4 Å². The summed E-state index contributed by atoms with van der Waals surface area (Å²) in [5, 5.41) is 3.51. The van der Waals surface area contributed by atoms with Gasteiger partial charge in [-0.15, -0.1) is 0 Å². The van der Waals surface area contributed by atoms with Gasteiger partial charge in [0.05, 0.1) is 6.26 Å². The van der Waals surface area contributed by atoms with Crippen LogP contribution in [0.2, 0.25) is 0 Å². The Morgan fingerprint density at radius 3 is 2.67 bits per heavy atom. The van der Waals surface area contributed by atoms with E-state index in [0.29, 0.717) is 25.0 Å². The summed E-state index contributed by atoms with van der Waals surface area (Å²) in [7, 11) is -3.05. The topological polar surface area (TPSA) is 49.4 Å². The monoisotopic (exact) mass is 308 g/mol. The number of benzene rings is 1. The van der Waals surface area contributed by atoms with Crippen LogP contribution >= 0.6 is 0 Å². The van der Waals surface area contributed by atoms with Gasteiger partial charge in [0.25, 0.3) is 0 Å². The van der Waals surface area contributed by atoms with Crippen LogP contribution < -0.4 is 5.32 Å². The first kappa shape index (κ1) is 16.2. The minimum atomic E-state index is -3.05. The molecule has 1 aliphatic heterocycles. The second-order valence-corrected chi connectivity index (χ2v) is 7.70. The summed E-state index contributed by atoms with van der Waals surface area (Å²) in [5.74, 6) is 0.332. The maximum absolute atomic E-state index is 11.6. The Balaban J connectivity index is 1.79. The van der Waals surface area contributed by atoms with Crippen LogP contribution in [0.5, 0.6) is 0 Å². The Hall–Kier alpha value is -1.17. The van der Waals surface area contributed by atoms with E-state index in [-0.39, 0.29) is 0 Å². The van der Waals surface area contributed by atoms with Crippen molar-refractivity contribution >= 4 is 16.1 Å². The zero-order chi connectivity index (χ0) is 15.3. The smallest absolute Gasteiger partial charge is 0.211 e. The van der Waals surface area contributed by atoms with Crippen molar-refractivity contribution in [3.05, 3.63) is 42.0 Å². The Bertz CT molecular complexity index is 569. The molecule has 1 fully saturated rings. The van der Waals surface area contributed by atoms with E-state index < -0.39 is 10.0 Å². The fraction of sp³-hybridized carbons (Fsp3) is 0.500. The van der Waals surface area contributed by atoms with E-state index in [4.69, 9.17) is 0 Å². The van der Waals surface area contributed by atoms with Crippen LogP contribution in [0, 0.1) is 5.92 Å². The van der Waals surface area contributed by atoms with E-state index in [1.54, 1.807) is 4.31 Å². The zero-order valence-electron chi connectivity index (χ0n) is 12.7. The van der Waals surface area contributed by atoms with Gasteiger partial charge in [-0.1, -0.05) is 49.4 Å². The van der Waals surface area contributed by atoms with Gasteiger partial charge in [0.2, 0.25) is 10.0 Å². The number of hydrogen-bond donors (Lipinski definition) is 1. The molecule has 4 nitrogen and oxygen atoms in total. The fourth-order valence-corrected chi connectivity index (χ4v) is 3.63. The molecule has 0 spiro atoms. The number of nitrogens with one attached hydrogen (secondary N) is 1. The van der Waals surface area contributed by atoms with E-state index >= 15 is 0 Å². The molecule has 1 aromatic rings. The molecule has 1 heterocycles. The van der Waals surface area contributed by atoms with Crippen molar-refractivity contribution in [2.24, 2.45) is 5.92 Å². The third-order valence-electron chi connectivity index (χ3n) is 3.94. The third-order valence-corrected chi connectivity index (χ3v) is 5.21. The normalized spacial score (nSPS) is 24.5. The van der Waals surface area contributed by atoms with E-state index in [1.165, 1.54) is 11.8 Å². The average molecular weight is 308 g/mol. The van der Waals surface area contributed by atoms with Crippen LogP contribution in [0.4, 0.5) is 0 Å². The minimum Gasteiger partial charge on any atom is -0.310 e. The molecular formula is C16H24N2O2S. The van der Waals surface area contributed by atoms with Crippen LogP contribution in [0.15, 0.2) is 36.4 Å². The van der Waals surface area contributed by atoms with Crippen molar-refractivity contribution in [1.82, 2.24) is 9.62 Å². The summed E-state index contributed by atoms with van der Waals surface area (Å²) >= 11 is 0. The predicted octanol–water partition coefficient (Wildman–Crippen LogP) is 1.96. The van der Waals surface area contributed by atoms with Crippen molar-refractivity contribution in [3.63, 3.8) is 0 Å². The van der Waals surface area contributed by atoms with Crippen LogP contribution in [0.3, 0.4) is 0 Å². The Kier molecular flexibility index (Phi) is 5.56. The van der Waals surface area contributed by atoms with Gasteiger partial charge < -0.3 is 5.32 Å².